The Kier molecular flexibility index (Phi) is 18.5. The standard InChI is InChI=1S/C11H24O3Si.C6H10.C5H14O3Si/c1-4-15(12-2,13-3)14-10-11-8-6-5-7-9-11;1-2-4-6-5-3-1;1-5-9(6-2,7-3)8-4/h11H,4-10H2,1-3H3;1-2H,3-6H2;5H2,1-4H3. The van der Waals surface area contributed by atoms with Gasteiger partial charge in [0.25, 0.3) is 0 Å². The summed E-state index contributed by atoms with van der Waals surface area (Å²) in [6.07, 6.45) is 16.7. The molecule has 2 aliphatic rings. The van der Waals surface area contributed by atoms with Gasteiger partial charge in [0.15, 0.2) is 0 Å². The van der Waals surface area contributed by atoms with Crippen LogP contribution in [-0.4, -0.2) is 59.8 Å². The molecule has 1 saturated carbocycles. The lowest BCUT2D eigenvalue weighted by Gasteiger charge is -2.29. The minimum Gasteiger partial charge on any atom is -0.377 e. The Bertz CT molecular complexity index is 375. The van der Waals surface area contributed by atoms with Crippen LogP contribution < -0.4 is 0 Å². The van der Waals surface area contributed by atoms with E-state index in [9.17, 15) is 0 Å². The molecule has 0 aromatic heterocycles. The Balaban J connectivity index is 0.000000473. The Hall–Kier alpha value is -0.0662. The maximum Gasteiger partial charge on any atom is 0.500 e. The zero-order valence-electron chi connectivity index (χ0n) is 20.7. The summed E-state index contributed by atoms with van der Waals surface area (Å²) in [5.74, 6) is 0.725. The van der Waals surface area contributed by atoms with Crippen LogP contribution in [0.5, 0.6) is 0 Å². The van der Waals surface area contributed by atoms with Gasteiger partial charge in [0.05, 0.1) is 0 Å². The second kappa shape index (κ2) is 18.5. The molecule has 0 atom stereocenters. The zero-order chi connectivity index (χ0) is 22.7. The fourth-order valence-corrected chi connectivity index (χ4v) is 6.67. The van der Waals surface area contributed by atoms with Crippen LogP contribution >= 0.6 is 0 Å². The smallest absolute Gasteiger partial charge is 0.377 e. The lowest BCUT2D eigenvalue weighted by atomic mass is 9.90. The second-order valence-electron chi connectivity index (χ2n) is 7.66. The van der Waals surface area contributed by atoms with E-state index in [0.717, 1.165) is 24.6 Å². The van der Waals surface area contributed by atoms with Crippen molar-refractivity contribution in [3.05, 3.63) is 12.2 Å². The fourth-order valence-electron chi connectivity index (χ4n) is 3.63. The van der Waals surface area contributed by atoms with E-state index in [-0.39, 0.29) is 0 Å². The van der Waals surface area contributed by atoms with Crippen molar-refractivity contribution in [2.24, 2.45) is 5.92 Å². The van der Waals surface area contributed by atoms with Crippen LogP contribution in [0.25, 0.3) is 0 Å². The Morgan fingerprint density at radius 3 is 1.33 bits per heavy atom. The van der Waals surface area contributed by atoms with E-state index in [2.05, 4.69) is 19.1 Å². The van der Waals surface area contributed by atoms with Crippen LogP contribution in [0.3, 0.4) is 0 Å². The molecule has 6 nitrogen and oxygen atoms in total. The molecule has 2 aliphatic carbocycles. The molecule has 0 amide bonds. The van der Waals surface area contributed by atoms with Crippen molar-refractivity contribution in [3.63, 3.8) is 0 Å². The predicted molar refractivity (Wildman–Crippen MR) is 128 cm³/mol. The average molecular weight is 465 g/mol. The summed E-state index contributed by atoms with van der Waals surface area (Å²) in [5.41, 5.74) is 0. The lowest BCUT2D eigenvalue weighted by Crippen LogP contribution is -2.44. The van der Waals surface area contributed by atoms with Crippen molar-refractivity contribution < 1.29 is 26.6 Å². The van der Waals surface area contributed by atoms with Crippen LogP contribution in [0.15, 0.2) is 12.2 Å². The van der Waals surface area contributed by atoms with E-state index < -0.39 is 17.6 Å². The van der Waals surface area contributed by atoms with Gasteiger partial charge in [0, 0.05) is 54.2 Å². The van der Waals surface area contributed by atoms with Crippen molar-refractivity contribution >= 4 is 17.6 Å². The van der Waals surface area contributed by atoms with E-state index in [1.165, 1.54) is 57.8 Å². The summed E-state index contributed by atoms with van der Waals surface area (Å²) >= 11 is 0. The molecule has 0 N–H and O–H groups in total. The van der Waals surface area contributed by atoms with Gasteiger partial charge in [-0.1, -0.05) is 45.3 Å². The first-order chi connectivity index (χ1) is 14.5. The first-order valence-electron chi connectivity index (χ1n) is 11.6. The van der Waals surface area contributed by atoms with Gasteiger partial charge in [0.2, 0.25) is 0 Å². The van der Waals surface area contributed by atoms with Gasteiger partial charge < -0.3 is 26.6 Å². The van der Waals surface area contributed by atoms with E-state index in [4.69, 9.17) is 26.6 Å². The van der Waals surface area contributed by atoms with Crippen molar-refractivity contribution in [2.75, 3.05) is 42.2 Å². The minimum atomic E-state index is -2.30. The summed E-state index contributed by atoms with van der Waals surface area (Å²) in [5, 5.41) is 0. The highest BCUT2D eigenvalue weighted by atomic mass is 28.4. The summed E-state index contributed by atoms with van der Waals surface area (Å²) in [4.78, 5) is 0. The van der Waals surface area contributed by atoms with Crippen LogP contribution in [0.2, 0.25) is 12.1 Å². The van der Waals surface area contributed by atoms with Crippen LogP contribution in [0.1, 0.15) is 71.6 Å². The van der Waals surface area contributed by atoms with Crippen molar-refractivity contribution in [2.45, 2.75) is 83.7 Å². The molecule has 1 fully saturated rings. The summed E-state index contributed by atoms with van der Waals surface area (Å²) in [7, 11) is 3.74. The van der Waals surface area contributed by atoms with E-state index in [0.29, 0.717) is 0 Å². The van der Waals surface area contributed by atoms with Crippen molar-refractivity contribution in [1.82, 2.24) is 0 Å². The lowest BCUT2D eigenvalue weighted by molar-refractivity contribution is 0.0754. The number of hydrogen-bond acceptors (Lipinski definition) is 6. The highest BCUT2D eigenvalue weighted by Crippen LogP contribution is 2.25. The van der Waals surface area contributed by atoms with E-state index in [1.807, 2.05) is 6.92 Å². The number of rotatable bonds is 10. The third-order valence-electron chi connectivity index (χ3n) is 5.84. The molecule has 0 spiro atoms. The largest absolute Gasteiger partial charge is 0.500 e. The van der Waals surface area contributed by atoms with Crippen LogP contribution in [-0.2, 0) is 26.6 Å². The third kappa shape index (κ3) is 12.1. The summed E-state index contributed by atoms with van der Waals surface area (Å²) < 4.78 is 32.0. The zero-order valence-corrected chi connectivity index (χ0v) is 22.7. The third-order valence-corrected chi connectivity index (χ3v) is 11.3. The first kappa shape index (κ1) is 29.9. The molecule has 0 unspecified atom stereocenters. The molecule has 0 bridgehead atoms. The first-order valence-corrected chi connectivity index (χ1v) is 15.4. The van der Waals surface area contributed by atoms with Gasteiger partial charge in [0.1, 0.15) is 0 Å². The van der Waals surface area contributed by atoms with E-state index in [1.54, 1.807) is 35.5 Å². The van der Waals surface area contributed by atoms with Gasteiger partial charge in [-0.25, -0.2) is 0 Å². The van der Waals surface area contributed by atoms with Gasteiger partial charge >= 0.3 is 17.6 Å². The molecule has 0 aromatic rings. The number of allylic oxidation sites excluding steroid dienone is 2. The minimum absolute atomic E-state index is 0.725. The summed E-state index contributed by atoms with van der Waals surface area (Å²) in [6.45, 7) is 4.88. The maximum absolute atomic E-state index is 5.91. The molecule has 0 heterocycles. The molecule has 180 valence electrons. The van der Waals surface area contributed by atoms with Gasteiger partial charge in [-0.05, 0) is 44.4 Å². The maximum atomic E-state index is 5.91. The Labute approximate surface area is 188 Å². The molecule has 0 aromatic carbocycles. The number of hydrogen-bond donors (Lipinski definition) is 0. The molecular weight excluding hydrogens is 416 g/mol. The Morgan fingerprint density at radius 1 is 0.633 bits per heavy atom. The molecule has 8 heteroatoms. The molecule has 0 radical (unpaired) electrons. The molecule has 0 saturated heterocycles. The normalized spacial score (nSPS) is 17.6. The quantitative estimate of drug-likeness (QED) is 0.299. The Morgan fingerprint density at radius 2 is 1.07 bits per heavy atom. The monoisotopic (exact) mass is 464 g/mol. The van der Waals surface area contributed by atoms with Crippen molar-refractivity contribution in [1.29, 1.82) is 0 Å². The van der Waals surface area contributed by atoms with E-state index >= 15 is 0 Å². The predicted octanol–water partition coefficient (Wildman–Crippen LogP) is 5.84. The van der Waals surface area contributed by atoms with Crippen LogP contribution in [0.4, 0.5) is 0 Å². The highest BCUT2D eigenvalue weighted by Gasteiger charge is 2.37. The SMILES string of the molecule is C1=CCCCC1.CC[Si](OC)(OC)OC.CC[Si](OC)(OC)OCC1CCCCC1. The molecule has 30 heavy (non-hydrogen) atoms. The van der Waals surface area contributed by atoms with Gasteiger partial charge in [-0.15, -0.1) is 0 Å². The topological polar surface area (TPSA) is 55.4 Å². The van der Waals surface area contributed by atoms with Gasteiger partial charge in [-0.3, -0.25) is 0 Å². The molecular formula is C22H48O6Si2. The molecule has 2 rings (SSSR count). The van der Waals surface area contributed by atoms with Gasteiger partial charge in [-0.2, -0.15) is 0 Å². The van der Waals surface area contributed by atoms with Crippen LogP contribution in [0, 0.1) is 5.92 Å². The van der Waals surface area contributed by atoms with Crippen molar-refractivity contribution in [3.8, 4) is 0 Å². The summed E-state index contributed by atoms with van der Waals surface area (Å²) in [6, 6.07) is 1.67. The second-order valence-corrected chi connectivity index (χ2v) is 14.1. The molecule has 0 aliphatic heterocycles. The fraction of sp³-hybridized carbons (Fsp3) is 0.909. The average Bonchev–Trinajstić information content (AvgIpc) is 2.85. The highest BCUT2D eigenvalue weighted by molar-refractivity contribution is 6.60.